The van der Waals surface area contributed by atoms with E-state index >= 15 is 0 Å². The first-order valence-electron chi connectivity index (χ1n) is 20.5. The number of rotatable bonds is 11. The molecule has 9 aromatic rings. The van der Waals surface area contributed by atoms with Gasteiger partial charge in [-0.05, 0) is 128 Å². The standard InChI is InChI=1S/C58H40N4/c59-41-53-38-50(56-17-7-10-32-60-56)29-26-45(53)23-20-42-35-43(21-24-48-27-30-51(57-18-8-11-33-61-57)39-54(48)46-13-3-1-4-14-46)37-44(36-42)22-25-49-28-31-52(58-19-9-12-34-62-58)40-55(49)47-15-5-2-6-16-47/h1-40H/b23-20-,24-21?,25-22?. The topological polar surface area (TPSA) is 62.5 Å². The van der Waals surface area contributed by atoms with E-state index in [1.807, 2.05) is 103 Å². The van der Waals surface area contributed by atoms with Crippen LogP contribution < -0.4 is 0 Å². The fourth-order valence-electron chi connectivity index (χ4n) is 7.56. The van der Waals surface area contributed by atoms with Crippen molar-refractivity contribution in [2.45, 2.75) is 0 Å². The van der Waals surface area contributed by atoms with E-state index in [1.165, 1.54) is 0 Å². The number of hydrogen-bond donors (Lipinski definition) is 0. The fraction of sp³-hybridized carbons (Fsp3) is 0. The van der Waals surface area contributed by atoms with Crippen molar-refractivity contribution in [3.63, 3.8) is 0 Å². The van der Waals surface area contributed by atoms with Crippen LogP contribution in [0.2, 0.25) is 0 Å². The summed E-state index contributed by atoms with van der Waals surface area (Å²) in [5.74, 6) is 0. The summed E-state index contributed by atoms with van der Waals surface area (Å²) in [4.78, 5) is 13.7. The van der Waals surface area contributed by atoms with Crippen LogP contribution in [0.3, 0.4) is 0 Å². The highest BCUT2D eigenvalue weighted by atomic mass is 14.7. The molecule has 0 amide bonds. The Morgan fingerprint density at radius 3 is 1.08 bits per heavy atom. The van der Waals surface area contributed by atoms with Gasteiger partial charge in [0, 0.05) is 35.3 Å². The maximum Gasteiger partial charge on any atom is 0.0998 e. The first-order chi connectivity index (χ1) is 30.7. The molecule has 0 aliphatic heterocycles. The van der Waals surface area contributed by atoms with Gasteiger partial charge >= 0.3 is 0 Å². The number of benzene rings is 6. The Balaban J connectivity index is 1.11. The minimum absolute atomic E-state index is 0.589. The molecule has 0 fully saturated rings. The summed E-state index contributed by atoms with van der Waals surface area (Å²) in [7, 11) is 0. The van der Waals surface area contributed by atoms with Gasteiger partial charge in [0.25, 0.3) is 0 Å². The average Bonchev–Trinajstić information content (AvgIpc) is 3.35. The molecule has 4 heteroatoms. The van der Waals surface area contributed by atoms with E-state index in [-0.39, 0.29) is 0 Å². The van der Waals surface area contributed by atoms with Crippen molar-refractivity contribution < 1.29 is 0 Å². The van der Waals surface area contributed by atoms with Crippen molar-refractivity contribution in [3.05, 3.63) is 246 Å². The molecule has 0 aliphatic carbocycles. The van der Waals surface area contributed by atoms with Gasteiger partial charge in [-0.2, -0.15) is 5.26 Å². The maximum atomic E-state index is 10.2. The van der Waals surface area contributed by atoms with Gasteiger partial charge in [0.1, 0.15) is 0 Å². The first kappa shape index (κ1) is 39.0. The van der Waals surface area contributed by atoms with Gasteiger partial charge in [0.2, 0.25) is 0 Å². The van der Waals surface area contributed by atoms with Gasteiger partial charge in [0.15, 0.2) is 0 Å². The number of hydrogen-bond acceptors (Lipinski definition) is 4. The molecule has 0 saturated carbocycles. The van der Waals surface area contributed by atoms with E-state index in [4.69, 9.17) is 0 Å². The van der Waals surface area contributed by atoms with Crippen molar-refractivity contribution in [3.8, 4) is 62.1 Å². The summed E-state index contributed by atoms with van der Waals surface area (Å²) >= 11 is 0. The Morgan fingerprint density at radius 1 is 0.323 bits per heavy atom. The Hall–Kier alpha value is -8.52. The Kier molecular flexibility index (Phi) is 11.7. The summed E-state index contributed by atoms with van der Waals surface area (Å²) in [5.41, 5.74) is 17.0. The van der Waals surface area contributed by atoms with Crippen molar-refractivity contribution in [2.24, 2.45) is 0 Å². The highest BCUT2D eigenvalue weighted by Gasteiger charge is 2.10. The van der Waals surface area contributed by atoms with Gasteiger partial charge < -0.3 is 0 Å². The van der Waals surface area contributed by atoms with Crippen LogP contribution in [0, 0.1) is 11.3 Å². The van der Waals surface area contributed by atoms with Crippen LogP contribution in [0.25, 0.3) is 92.5 Å². The lowest BCUT2D eigenvalue weighted by Crippen LogP contribution is -1.89. The molecule has 3 heterocycles. The molecule has 0 spiro atoms. The molecule has 4 nitrogen and oxygen atoms in total. The summed E-state index contributed by atoms with van der Waals surface area (Å²) in [6.45, 7) is 0. The van der Waals surface area contributed by atoms with Crippen LogP contribution in [0.15, 0.2) is 207 Å². The van der Waals surface area contributed by atoms with E-state index in [0.29, 0.717) is 5.56 Å². The third-order valence-corrected chi connectivity index (χ3v) is 10.7. The lowest BCUT2D eigenvalue weighted by molar-refractivity contribution is 1.32. The van der Waals surface area contributed by atoms with Gasteiger partial charge in [0.05, 0.1) is 28.7 Å². The van der Waals surface area contributed by atoms with E-state index < -0.39 is 0 Å². The lowest BCUT2D eigenvalue weighted by Gasteiger charge is -2.11. The zero-order valence-corrected chi connectivity index (χ0v) is 33.9. The zero-order valence-electron chi connectivity index (χ0n) is 33.9. The highest BCUT2D eigenvalue weighted by Crippen LogP contribution is 2.33. The second-order valence-electron chi connectivity index (χ2n) is 14.8. The molecular weight excluding hydrogens is 753 g/mol. The summed E-state index contributed by atoms with van der Waals surface area (Å²) in [6.07, 6.45) is 18.3. The normalized spacial score (nSPS) is 11.3. The number of pyridine rings is 3. The maximum absolute atomic E-state index is 10.2. The quantitative estimate of drug-likeness (QED) is 0.122. The number of aromatic nitrogens is 3. The van der Waals surface area contributed by atoms with E-state index in [0.717, 1.165) is 89.4 Å². The van der Waals surface area contributed by atoms with Crippen molar-refractivity contribution >= 4 is 36.5 Å². The lowest BCUT2D eigenvalue weighted by atomic mass is 9.94. The summed E-state index contributed by atoms with van der Waals surface area (Å²) in [6, 6.07) is 66.7. The highest BCUT2D eigenvalue weighted by molar-refractivity contribution is 5.87. The molecule has 0 saturated heterocycles. The molecule has 0 bridgehead atoms. The Morgan fingerprint density at radius 2 is 0.694 bits per heavy atom. The number of nitriles is 1. The van der Waals surface area contributed by atoms with E-state index in [2.05, 4.69) is 155 Å². The molecule has 0 unspecified atom stereocenters. The molecule has 3 aromatic heterocycles. The molecule has 6 aromatic carbocycles. The Bertz CT molecular complexity index is 2940. The van der Waals surface area contributed by atoms with Crippen LogP contribution >= 0.6 is 0 Å². The monoisotopic (exact) mass is 792 g/mol. The van der Waals surface area contributed by atoms with E-state index in [9.17, 15) is 5.26 Å². The van der Waals surface area contributed by atoms with Crippen molar-refractivity contribution in [1.82, 2.24) is 15.0 Å². The minimum atomic E-state index is 0.589. The second-order valence-corrected chi connectivity index (χ2v) is 14.8. The average molecular weight is 793 g/mol. The first-order valence-corrected chi connectivity index (χ1v) is 20.5. The van der Waals surface area contributed by atoms with Gasteiger partial charge in [-0.25, -0.2) is 0 Å². The zero-order chi connectivity index (χ0) is 41.9. The van der Waals surface area contributed by atoms with Crippen molar-refractivity contribution in [1.29, 1.82) is 5.26 Å². The summed E-state index contributed by atoms with van der Waals surface area (Å²) < 4.78 is 0. The third-order valence-electron chi connectivity index (χ3n) is 10.7. The van der Waals surface area contributed by atoms with E-state index in [1.54, 1.807) is 6.20 Å². The van der Waals surface area contributed by atoms with Crippen LogP contribution in [0.5, 0.6) is 0 Å². The Labute approximate surface area is 362 Å². The minimum Gasteiger partial charge on any atom is -0.256 e. The molecular formula is C58H40N4. The molecule has 0 radical (unpaired) electrons. The molecule has 0 atom stereocenters. The van der Waals surface area contributed by atoms with Gasteiger partial charge in [-0.1, -0.05) is 152 Å². The number of nitrogens with zero attached hydrogens (tertiary/aromatic N) is 4. The molecule has 0 aliphatic rings. The largest absolute Gasteiger partial charge is 0.256 e. The molecule has 292 valence electrons. The van der Waals surface area contributed by atoms with Gasteiger partial charge in [-0.3, -0.25) is 15.0 Å². The molecule has 0 N–H and O–H groups in total. The van der Waals surface area contributed by atoms with Crippen LogP contribution in [-0.4, -0.2) is 15.0 Å². The van der Waals surface area contributed by atoms with Gasteiger partial charge in [-0.15, -0.1) is 0 Å². The molecule has 9 rings (SSSR count). The van der Waals surface area contributed by atoms with Crippen LogP contribution in [0.1, 0.15) is 38.9 Å². The van der Waals surface area contributed by atoms with Crippen LogP contribution in [-0.2, 0) is 0 Å². The third kappa shape index (κ3) is 9.19. The SMILES string of the molecule is N#Cc1cc(-c2ccccn2)ccc1/C=C\c1cc(C=Cc2ccc(-c3ccccn3)cc2-c2ccccc2)cc(C=Cc2ccc(-c3ccccn3)cc2-c2ccccc2)c1. The smallest absolute Gasteiger partial charge is 0.0998 e. The van der Waals surface area contributed by atoms with Crippen LogP contribution in [0.4, 0.5) is 0 Å². The van der Waals surface area contributed by atoms with Crippen molar-refractivity contribution in [2.75, 3.05) is 0 Å². The molecule has 62 heavy (non-hydrogen) atoms. The summed E-state index contributed by atoms with van der Waals surface area (Å²) in [5, 5.41) is 10.2. The predicted octanol–water partition coefficient (Wildman–Crippen LogP) is 14.6. The predicted molar refractivity (Wildman–Crippen MR) is 258 cm³/mol. The fourth-order valence-corrected chi connectivity index (χ4v) is 7.56. The second kappa shape index (κ2) is 18.6.